The third-order valence-corrected chi connectivity index (χ3v) is 4.61. The molecule has 2 aromatic rings. The largest absolute Gasteiger partial charge is 0.492 e. The van der Waals surface area contributed by atoms with E-state index >= 15 is 0 Å². The molecule has 8 heteroatoms. The number of methoxy groups -OCH3 is 1. The number of likely N-dealkylation sites (N-methyl/N-ethyl adjacent to an activating group) is 1. The quantitative estimate of drug-likeness (QED) is 0.373. The van der Waals surface area contributed by atoms with Crippen LogP contribution in [0.25, 0.3) is 0 Å². The van der Waals surface area contributed by atoms with Gasteiger partial charge in [-0.25, -0.2) is 4.99 Å². The molecule has 1 aromatic heterocycles. The van der Waals surface area contributed by atoms with Gasteiger partial charge in [0.15, 0.2) is 11.8 Å². The van der Waals surface area contributed by atoms with Crippen LogP contribution in [0.15, 0.2) is 23.2 Å². The lowest BCUT2D eigenvalue weighted by atomic mass is 10.1. The number of nitrogens with zero attached hydrogens (tertiary/aromatic N) is 5. The van der Waals surface area contributed by atoms with E-state index < -0.39 is 0 Å². The van der Waals surface area contributed by atoms with Crippen molar-refractivity contribution in [2.75, 3.05) is 40.5 Å². The van der Waals surface area contributed by atoms with Crippen molar-refractivity contribution in [1.29, 1.82) is 0 Å². The summed E-state index contributed by atoms with van der Waals surface area (Å²) in [6, 6.07) is 6.25. The maximum Gasteiger partial charge on any atom is 0.194 e. The molecule has 1 aromatic carbocycles. The number of hydrogen-bond donors (Lipinski definition) is 1. The topological polar surface area (TPSA) is 76.8 Å². The van der Waals surface area contributed by atoms with Crippen molar-refractivity contribution in [3.05, 3.63) is 41.0 Å². The highest BCUT2D eigenvalue weighted by atomic mass is 16.5. The van der Waals surface area contributed by atoms with E-state index in [0.29, 0.717) is 26.3 Å². The van der Waals surface area contributed by atoms with Crippen LogP contribution < -0.4 is 10.1 Å². The maximum absolute atomic E-state index is 5.95. The Bertz CT molecular complexity index is 782. The van der Waals surface area contributed by atoms with Gasteiger partial charge in [0.25, 0.3) is 0 Å². The van der Waals surface area contributed by atoms with E-state index in [1.807, 2.05) is 25.6 Å². The number of rotatable bonds is 10. The van der Waals surface area contributed by atoms with Crippen LogP contribution in [0.2, 0.25) is 0 Å². The first kappa shape index (κ1) is 22.7. The summed E-state index contributed by atoms with van der Waals surface area (Å²) in [7, 11) is 5.67. The van der Waals surface area contributed by atoms with Crippen LogP contribution in [0.1, 0.15) is 29.2 Å². The molecule has 8 nitrogen and oxygen atoms in total. The van der Waals surface area contributed by atoms with Crippen molar-refractivity contribution in [1.82, 2.24) is 25.0 Å². The Morgan fingerprint density at radius 1 is 1.14 bits per heavy atom. The fourth-order valence-corrected chi connectivity index (χ4v) is 2.89. The van der Waals surface area contributed by atoms with Gasteiger partial charge in [0.05, 0.1) is 6.54 Å². The normalized spacial score (nSPS) is 11.6. The Morgan fingerprint density at radius 3 is 2.48 bits per heavy atom. The van der Waals surface area contributed by atoms with E-state index in [2.05, 4.69) is 52.5 Å². The predicted molar refractivity (Wildman–Crippen MR) is 115 cm³/mol. The van der Waals surface area contributed by atoms with Gasteiger partial charge in [0.2, 0.25) is 0 Å². The van der Waals surface area contributed by atoms with Crippen LogP contribution >= 0.6 is 0 Å². The minimum atomic E-state index is 0.465. The minimum Gasteiger partial charge on any atom is -0.492 e. The Morgan fingerprint density at radius 2 is 1.86 bits per heavy atom. The number of aliphatic imine (C=N–C) groups is 1. The Hall–Kier alpha value is -2.61. The first-order valence-electron chi connectivity index (χ1n) is 9.95. The van der Waals surface area contributed by atoms with Crippen molar-refractivity contribution in [2.45, 2.75) is 33.7 Å². The summed E-state index contributed by atoms with van der Waals surface area (Å²) in [4.78, 5) is 6.80. The molecular weight excluding hydrogens is 368 g/mol. The molecule has 0 unspecified atom stereocenters. The van der Waals surface area contributed by atoms with Crippen molar-refractivity contribution in [2.24, 2.45) is 12.0 Å². The molecule has 0 amide bonds. The molecule has 0 saturated carbocycles. The van der Waals surface area contributed by atoms with Crippen LogP contribution in [-0.2, 0) is 18.3 Å². The van der Waals surface area contributed by atoms with Gasteiger partial charge in [-0.3, -0.25) is 0 Å². The first-order chi connectivity index (χ1) is 13.9. The smallest absolute Gasteiger partial charge is 0.194 e. The van der Waals surface area contributed by atoms with E-state index in [1.165, 1.54) is 11.1 Å². The number of aryl methyl sites for hydroxylation is 3. The van der Waals surface area contributed by atoms with Crippen LogP contribution in [0, 0.1) is 20.8 Å². The standard InChI is InChI=1S/C21H34N6O2/c1-16-12-17(2)14-19(13-16)29-11-9-26(4)21(22-8-7-10-28-6)23-15-20-25-24-18(3)27(20)5/h12-14H,7-11,15H2,1-6H3,(H,22,23). The van der Waals surface area contributed by atoms with Gasteiger partial charge in [0, 0.05) is 34.4 Å². The van der Waals surface area contributed by atoms with Gasteiger partial charge in [0.1, 0.15) is 24.7 Å². The monoisotopic (exact) mass is 402 g/mol. The van der Waals surface area contributed by atoms with E-state index in [0.717, 1.165) is 36.3 Å². The van der Waals surface area contributed by atoms with Gasteiger partial charge in [-0.05, 0) is 50.5 Å². The number of hydrogen-bond acceptors (Lipinski definition) is 5. The van der Waals surface area contributed by atoms with Crippen molar-refractivity contribution in [3.63, 3.8) is 0 Å². The van der Waals surface area contributed by atoms with Gasteiger partial charge in [-0.1, -0.05) is 6.07 Å². The fourth-order valence-electron chi connectivity index (χ4n) is 2.89. The van der Waals surface area contributed by atoms with E-state index in [9.17, 15) is 0 Å². The second kappa shape index (κ2) is 11.4. The highest BCUT2D eigenvalue weighted by molar-refractivity contribution is 5.79. The lowest BCUT2D eigenvalue weighted by Crippen LogP contribution is -2.41. The van der Waals surface area contributed by atoms with Gasteiger partial charge in [-0.15, -0.1) is 10.2 Å². The SMILES string of the molecule is COCCCNC(=NCc1nnc(C)n1C)N(C)CCOc1cc(C)cc(C)c1. The zero-order chi connectivity index (χ0) is 21.2. The third-order valence-electron chi connectivity index (χ3n) is 4.61. The summed E-state index contributed by atoms with van der Waals surface area (Å²) in [6.07, 6.45) is 0.908. The molecule has 0 spiro atoms. The highest BCUT2D eigenvalue weighted by Gasteiger charge is 2.09. The van der Waals surface area contributed by atoms with Crippen LogP contribution in [0.4, 0.5) is 0 Å². The van der Waals surface area contributed by atoms with E-state index in [1.54, 1.807) is 7.11 Å². The Balaban J connectivity index is 1.96. The Labute approximate surface area is 173 Å². The number of nitrogens with one attached hydrogen (secondary N) is 1. The summed E-state index contributed by atoms with van der Waals surface area (Å²) in [6.45, 7) is 9.33. The average Bonchev–Trinajstić information content (AvgIpc) is 2.98. The molecule has 0 aliphatic rings. The van der Waals surface area contributed by atoms with Crippen LogP contribution in [-0.4, -0.2) is 66.1 Å². The molecule has 0 aliphatic carbocycles. The molecule has 0 bridgehead atoms. The molecule has 0 radical (unpaired) electrons. The molecule has 0 fully saturated rings. The second-order valence-corrected chi connectivity index (χ2v) is 7.23. The minimum absolute atomic E-state index is 0.465. The number of aromatic nitrogens is 3. The van der Waals surface area contributed by atoms with Crippen molar-refractivity contribution < 1.29 is 9.47 Å². The Kier molecular flexibility index (Phi) is 8.92. The molecule has 160 valence electrons. The molecule has 2 rings (SSSR count). The van der Waals surface area contributed by atoms with Crippen molar-refractivity contribution >= 4 is 5.96 Å². The van der Waals surface area contributed by atoms with Crippen LogP contribution in [0.5, 0.6) is 5.75 Å². The molecule has 0 saturated heterocycles. The van der Waals surface area contributed by atoms with Gasteiger partial charge < -0.3 is 24.3 Å². The van der Waals surface area contributed by atoms with Gasteiger partial charge >= 0.3 is 0 Å². The molecule has 0 atom stereocenters. The van der Waals surface area contributed by atoms with Crippen LogP contribution in [0.3, 0.4) is 0 Å². The zero-order valence-electron chi connectivity index (χ0n) is 18.5. The number of guanidine groups is 1. The molecular formula is C21H34N6O2. The number of benzene rings is 1. The summed E-state index contributed by atoms with van der Waals surface area (Å²) < 4.78 is 13.0. The lowest BCUT2D eigenvalue weighted by molar-refractivity contribution is 0.195. The first-order valence-corrected chi connectivity index (χ1v) is 9.95. The fraction of sp³-hybridized carbons (Fsp3) is 0.571. The zero-order valence-corrected chi connectivity index (χ0v) is 18.5. The van der Waals surface area contributed by atoms with Crippen molar-refractivity contribution in [3.8, 4) is 5.75 Å². The average molecular weight is 403 g/mol. The molecule has 1 heterocycles. The third kappa shape index (κ3) is 7.38. The van der Waals surface area contributed by atoms with E-state index in [-0.39, 0.29) is 0 Å². The maximum atomic E-state index is 5.95. The van der Waals surface area contributed by atoms with E-state index in [4.69, 9.17) is 14.5 Å². The highest BCUT2D eigenvalue weighted by Crippen LogP contribution is 2.16. The summed E-state index contributed by atoms with van der Waals surface area (Å²) in [5.41, 5.74) is 2.41. The summed E-state index contributed by atoms with van der Waals surface area (Å²) in [5, 5.41) is 11.7. The predicted octanol–water partition coefficient (Wildman–Crippen LogP) is 2.23. The summed E-state index contributed by atoms with van der Waals surface area (Å²) in [5.74, 6) is 3.42. The molecule has 1 N–H and O–H groups in total. The summed E-state index contributed by atoms with van der Waals surface area (Å²) >= 11 is 0. The number of ether oxygens (including phenoxy) is 2. The second-order valence-electron chi connectivity index (χ2n) is 7.23. The lowest BCUT2D eigenvalue weighted by Gasteiger charge is -2.22. The molecule has 29 heavy (non-hydrogen) atoms. The molecule has 0 aliphatic heterocycles. The van der Waals surface area contributed by atoms with Gasteiger partial charge in [-0.2, -0.15) is 0 Å².